The molecule has 0 radical (unpaired) electrons. The van der Waals surface area contributed by atoms with Gasteiger partial charge in [-0.05, 0) is 37.2 Å². The predicted molar refractivity (Wildman–Crippen MR) is 71.4 cm³/mol. The molecule has 18 heavy (non-hydrogen) atoms. The molecule has 98 valence electrons. The Labute approximate surface area is 108 Å². The van der Waals surface area contributed by atoms with E-state index in [4.69, 9.17) is 0 Å². The van der Waals surface area contributed by atoms with Crippen molar-refractivity contribution in [2.24, 2.45) is 5.92 Å². The Morgan fingerprint density at radius 2 is 1.83 bits per heavy atom. The first-order chi connectivity index (χ1) is 8.66. The van der Waals surface area contributed by atoms with Crippen molar-refractivity contribution in [3.63, 3.8) is 0 Å². The third-order valence-electron chi connectivity index (χ3n) is 3.80. The zero-order chi connectivity index (χ0) is 13.0. The summed E-state index contributed by atoms with van der Waals surface area (Å²) in [6, 6.07) is 9.18. The van der Waals surface area contributed by atoms with Crippen LogP contribution in [0, 0.1) is 5.92 Å². The van der Waals surface area contributed by atoms with E-state index in [0.717, 1.165) is 24.3 Å². The molecular weight excluding hydrogens is 226 g/mol. The molecule has 1 aliphatic rings. The predicted octanol–water partition coefficient (Wildman–Crippen LogP) is 2.98. The van der Waals surface area contributed by atoms with Gasteiger partial charge in [-0.15, -0.1) is 0 Å². The summed E-state index contributed by atoms with van der Waals surface area (Å²) < 4.78 is 0. The van der Waals surface area contributed by atoms with Crippen LogP contribution in [-0.4, -0.2) is 17.1 Å². The summed E-state index contributed by atoms with van der Waals surface area (Å²) in [6.07, 6.45) is 4.55. The lowest BCUT2D eigenvalue weighted by Crippen LogP contribution is -2.39. The summed E-state index contributed by atoms with van der Waals surface area (Å²) in [5, 5.41) is 12.6. The van der Waals surface area contributed by atoms with E-state index in [1.807, 2.05) is 30.3 Å². The van der Waals surface area contributed by atoms with E-state index in [9.17, 15) is 9.90 Å². The minimum atomic E-state index is -0.792. The number of benzene rings is 1. The summed E-state index contributed by atoms with van der Waals surface area (Å²) >= 11 is 0. The number of nitrogens with one attached hydrogen (secondary N) is 1. The second-order valence-corrected chi connectivity index (χ2v) is 5.31. The van der Waals surface area contributed by atoms with Gasteiger partial charge >= 0.3 is 5.97 Å². The normalized spacial score (nSPS) is 25.6. The Morgan fingerprint density at radius 3 is 2.39 bits per heavy atom. The van der Waals surface area contributed by atoms with Crippen LogP contribution in [0.25, 0.3) is 0 Å². The standard InChI is InChI=1S/C15H21NO2/c1-11-7-9-13(10-8-11)16-14(15(17)18)12-5-3-2-4-6-12/h2-6,11,13-14,16H,7-10H2,1H3,(H,17,18). The average Bonchev–Trinajstić information content (AvgIpc) is 2.38. The van der Waals surface area contributed by atoms with Crippen LogP contribution >= 0.6 is 0 Å². The SMILES string of the molecule is CC1CCC(NC(C(=O)O)c2ccccc2)CC1. The first-order valence-corrected chi connectivity index (χ1v) is 6.70. The molecule has 1 atom stereocenters. The maximum absolute atomic E-state index is 11.4. The van der Waals surface area contributed by atoms with Crippen LogP contribution in [0.1, 0.15) is 44.2 Å². The van der Waals surface area contributed by atoms with E-state index in [-0.39, 0.29) is 0 Å². The topological polar surface area (TPSA) is 49.3 Å². The Hall–Kier alpha value is -1.35. The van der Waals surface area contributed by atoms with E-state index in [2.05, 4.69) is 12.2 Å². The van der Waals surface area contributed by atoms with Crippen LogP contribution in [0.4, 0.5) is 0 Å². The van der Waals surface area contributed by atoms with Gasteiger partial charge in [0.1, 0.15) is 6.04 Å². The summed E-state index contributed by atoms with van der Waals surface area (Å²) in [5.74, 6) is -0.0112. The highest BCUT2D eigenvalue weighted by atomic mass is 16.4. The molecule has 1 saturated carbocycles. The molecule has 1 unspecified atom stereocenters. The lowest BCUT2D eigenvalue weighted by atomic mass is 9.87. The summed E-state index contributed by atoms with van der Waals surface area (Å²) in [5.41, 5.74) is 0.837. The molecule has 1 aromatic rings. The fourth-order valence-corrected chi connectivity index (χ4v) is 2.62. The van der Waals surface area contributed by atoms with Gasteiger partial charge in [-0.1, -0.05) is 37.3 Å². The first-order valence-electron chi connectivity index (χ1n) is 6.70. The number of carboxylic acid groups (broad SMARTS) is 1. The number of carboxylic acids is 1. The van der Waals surface area contributed by atoms with Gasteiger partial charge in [-0.25, -0.2) is 0 Å². The van der Waals surface area contributed by atoms with Crippen LogP contribution in [0.15, 0.2) is 30.3 Å². The monoisotopic (exact) mass is 247 g/mol. The van der Waals surface area contributed by atoms with E-state index in [1.165, 1.54) is 12.8 Å². The smallest absolute Gasteiger partial charge is 0.325 e. The maximum Gasteiger partial charge on any atom is 0.325 e. The Balaban J connectivity index is 2.01. The minimum Gasteiger partial charge on any atom is -0.480 e. The highest BCUT2D eigenvalue weighted by Gasteiger charge is 2.25. The molecule has 0 spiro atoms. The molecule has 0 aromatic heterocycles. The van der Waals surface area contributed by atoms with Crippen molar-refractivity contribution in [3.05, 3.63) is 35.9 Å². The Kier molecular flexibility index (Phi) is 4.37. The van der Waals surface area contributed by atoms with Gasteiger partial charge in [0.15, 0.2) is 0 Å². The zero-order valence-corrected chi connectivity index (χ0v) is 10.8. The average molecular weight is 247 g/mol. The second kappa shape index (κ2) is 6.01. The highest BCUT2D eigenvalue weighted by molar-refractivity contribution is 5.75. The minimum absolute atomic E-state index is 0.336. The number of aliphatic carboxylic acids is 1. The Bertz CT molecular complexity index is 383. The lowest BCUT2D eigenvalue weighted by molar-refractivity contribution is -0.140. The van der Waals surface area contributed by atoms with Gasteiger partial charge in [-0.2, -0.15) is 0 Å². The van der Waals surface area contributed by atoms with Crippen LogP contribution in [-0.2, 0) is 4.79 Å². The van der Waals surface area contributed by atoms with Crippen LogP contribution in [0.3, 0.4) is 0 Å². The number of hydrogen-bond acceptors (Lipinski definition) is 2. The summed E-state index contributed by atoms with van der Waals surface area (Å²) in [6.45, 7) is 2.27. The fraction of sp³-hybridized carbons (Fsp3) is 0.533. The van der Waals surface area contributed by atoms with Crippen molar-refractivity contribution in [2.75, 3.05) is 0 Å². The third kappa shape index (κ3) is 3.33. The number of rotatable bonds is 4. The van der Waals surface area contributed by atoms with Gasteiger partial charge in [0, 0.05) is 6.04 Å². The molecule has 2 rings (SSSR count). The molecule has 0 heterocycles. The van der Waals surface area contributed by atoms with E-state index in [1.54, 1.807) is 0 Å². The van der Waals surface area contributed by atoms with Crippen LogP contribution in [0.5, 0.6) is 0 Å². The van der Waals surface area contributed by atoms with Gasteiger partial charge in [0.25, 0.3) is 0 Å². The molecule has 3 heteroatoms. The van der Waals surface area contributed by atoms with Gasteiger partial charge in [0.2, 0.25) is 0 Å². The molecule has 1 aliphatic carbocycles. The molecule has 1 fully saturated rings. The quantitative estimate of drug-likeness (QED) is 0.860. The second-order valence-electron chi connectivity index (χ2n) is 5.31. The van der Waals surface area contributed by atoms with Crippen molar-refractivity contribution >= 4 is 5.97 Å². The lowest BCUT2D eigenvalue weighted by Gasteiger charge is -2.29. The van der Waals surface area contributed by atoms with Gasteiger partial charge in [-0.3, -0.25) is 10.1 Å². The van der Waals surface area contributed by atoms with E-state index in [0.29, 0.717) is 6.04 Å². The molecule has 2 N–H and O–H groups in total. The summed E-state index contributed by atoms with van der Waals surface area (Å²) in [4.78, 5) is 11.4. The molecule has 0 amide bonds. The Morgan fingerprint density at radius 1 is 1.22 bits per heavy atom. The van der Waals surface area contributed by atoms with Gasteiger partial charge < -0.3 is 5.11 Å². The van der Waals surface area contributed by atoms with Crippen LogP contribution < -0.4 is 5.32 Å². The molecule has 0 saturated heterocycles. The zero-order valence-electron chi connectivity index (χ0n) is 10.8. The highest BCUT2D eigenvalue weighted by Crippen LogP contribution is 2.25. The third-order valence-corrected chi connectivity index (χ3v) is 3.80. The molecule has 1 aromatic carbocycles. The van der Waals surface area contributed by atoms with E-state index >= 15 is 0 Å². The summed E-state index contributed by atoms with van der Waals surface area (Å²) in [7, 11) is 0. The largest absolute Gasteiger partial charge is 0.480 e. The van der Waals surface area contributed by atoms with Crippen molar-refractivity contribution in [1.82, 2.24) is 5.32 Å². The molecule has 0 aliphatic heterocycles. The fourth-order valence-electron chi connectivity index (χ4n) is 2.62. The first kappa shape index (κ1) is 13.1. The molecule has 0 bridgehead atoms. The van der Waals surface area contributed by atoms with Crippen molar-refractivity contribution in [2.45, 2.75) is 44.7 Å². The van der Waals surface area contributed by atoms with Crippen molar-refractivity contribution in [1.29, 1.82) is 0 Å². The number of carbonyl (C=O) groups is 1. The maximum atomic E-state index is 11.4. The van der Waals surface area contributed by atoms with E-state index < -0.39 is 12.0 Å². The van der Waals surface area contributed by atoms with Crippen LogP contribution in [0.2, 0.25) is 0 Å². The van der Waals surface area contributed by atoms with Crippen molar-refractivity contribution < 1.29 is 9.90 Å². The number of hydrogen-bond donors (Lipinski definition) is 2. The van der Waals surface area contributed by atoms with Crippen molar-refractivity contribution in [3.8, 4) is 0 Å². The molecular formula is C15H21NO2. The molecule has 3 nitrogen and oxygen atoms in total. The van der Waals surface area contributed by atoms with Gasteiger partial charge in [0.05, 0.1) is 0 Å².